The minimum absolute atomic E-state index is 0.0563. The number of carbonyl (C=O) groups is 2. The second kappa shape index (κ2) is 21.8. The van der Waals surface area contributed by atoms with E-state index >= 15 is 0 Å². The molecule has 0 aromatic rings. The molecule has 4 nitrogen and oxygen atoms in total. The van der Waals surface area contributed by atoms with Gasteiger partial charge in [-0.15, -0.1) is 0 Å². The molecule has 0 saturated carbocycles. The Hall–Kier alpha value is -1.06. The number of carboxylic acid groups (broad SMARTS) is 1. The summed E-state index contributed by atoms with van der Waals surface area (Å²) in [6, 6.07) is 0. The molecule has 0 saturated heterocycles. The molecule has 1 N–H and O–H groups in total. The highest BCUT2D eigenvalue weighted by Crippen LogP contribution is 2.16. The maximum absolute atomic E-state index is 11.6. The van der Waals surface area contributed by atoms with Gasteiger partial charge in [0.2, 0.25) is 0 Å². The van der Waals surface area contributed by atoms with E-state index in [2.05, 4.69) is 0 Å². The second-order valence-electron chi connectivity index (χ2n) is 10.6. The number of esters is 1. The molecule has 0 aromatic carbocycles. The van der Waals surface area contributed by atoms with E-state index in [-0.39, 0.29) is 11.6 Å². The van der Waals surface area contributed by atoms with Crippen molar-refractivity contribution in [1.29, 1.82) is 0 Å². The van der Waals surface area contributed by atoms with E-state index in [4.69, 9.17) is 9.84 Å². The summed E-state index contributed by atoms with van der Waals surface area (Å²) >= 11 is 0. The Balaban J connectivity index is 3.12. The molecule has 0 aliphatic carbocycles. The van der Waals surface area contributed by atoms with Gasteiger partial charge in [0.15, 0.2) is 0 Å². The molecule has 0 radical (unpaired) electrons. The fourth-order valence-electron chi connectivity index (χ4n) is 4.12. The van der Waals surface area contributed by atoms with Crippen LogP contribution in [0.25, 0.3) is 0 Å². The van der Waals surface area contributed by atoms with Crippen molar-refractivity contribution in [2.45, 2.75) is 168 Å². The summed E-state index contributed by atoms with van der Waals surface area (Å²) in [5.41, 5.74) is -0.357. The number of hydrogen-bond donors (Lipinski definition) is 1. The van der Waals surface area contributed by atoms with Gasteiger partial charge in [0, 0.05) is 12.8 Å². The predicted molar refractivity (Wildman–Crippen MR) is 135 cm³/mol. The third-order valence-electron chi connectivity index (χ3n) is 5.94. The predicted octanol–water partition coefficient (Wildman–Crippen LogP) is 8.99. The second-order valence-corrected chi connectivity index (χ2v) is 10.6. The minimum Gasteiger partial charge on any atom is -0.481 e. The number of rotatable bonds is 23. The van der Waals surface area contributed by atoms with Crippen LogP contribution in [-0.4, -0.2) is 22.6 Å². The molecule has 32 heavy (non-hydrogen) atoms. The van der Waals surface area contributed by atoms with Crippen LogP contribution in [0.3, 0.4) is 0 Å². The first-order chi connectivity index (χ1) is 15.3. The monoisotopic (exact) mass is 454 g/mol. The number of ether oxygens (including phenoxy) is 1. The molecule has 4 heteroatoms. The van der Waals surface area contributed by atoms with Gasteiger partial charge < -0.3 is 9.84 Å². The molecule has 0 aliphatic heterocycles. The first-order valence-corrected chi connectivity index (χ1v) is 13.7. The van der Waals surface area contributed by atoms with Crippen LogP contribution < -0.4 is 0 Å². The standard InChI is InChI=1S/C28H54O4/c1-28(2,3)32-27(31)25-23-21-19-17-15-13-11-9-7-5-4-6-8-10-12-14-16-18-20-22-24-26(29)30/h4-25H2,1-3H3,(H,29,30). The summed E-state index contributed by atoms with van der Waals surface area (Å²) in [6.45, 7) is 5.77. The van der Waals surface area contributed by atoms with E-state index in [1.807, 2.05) is 20.8 Å². The quantitative estimate of drug-likeness (QED) is 0.123. The summed E-state index contributed by atoms with van der Waals surface area (Å²) < 4.78 is 5.33. The van der Waals surface area contributed by atoms with Crippen LogP contribution in [0, 0.1) is 0 Å². The highest BCUT2D eigenvalue weighted by atomic mass is 16.6. The molecule has 190 valence electrons. The van der Waals surface area contributed by atoms with Crippen molar-refractivity contribution >= 4 is 11.9 Å². The SMILES string of the molecule is CC(C)(C)OC(=O)CCCCCCCCCCCCCCCCCCCCCCC(=O)O. The molecule has 0 amide bonds. The third kappa shape index (κ3) is 27.0. The highest BCUT2D eigenvalue weighted by molar-refractivity contribution is 5.69. The molecule has 0 aromatic heterocycles. The van der Waals surface area contributed by atoms with Gasteiger partial charge in [0.1, 0.15) is 5.60 Å². The molecule has 0 rings (SSSR count). The van der Waals surface area contributed by atoms with Gasteiger partial charge in [-0.2, -0.15) is 0 Å². The van der Waals surface area contributed by atoms with Crippen molar-refractivity contribution in [2.75, 3.05) is 0 Å². The smallest absolute Gasteiger partial charge is 0.306 e. The van der Waals surface area contributed by atoms with Crippen molar-refractivity contribution in [3.63, 3.8) is 0 Å². The number of aliphatic carboxylic acids is 1. The van der Waals surface area contributed by atoms with Crippen molar-refractivity contribution in [1.82, 2.24) is 0 Å². The third-order valence-corrected chi connectivity index (χ3v) is 5.94. The van der Waals surface area contributed by atoms with Crippen LogP contribution in [0.1, 0.15) is 162 Å². The lowest BCUT2D eigenvalue weighted by Gasteiger charge is -2.19. The number of carboxylic acids is 1. The Morgan fingerprint density at radius 2 is 0.750 bits per heavy atom. The molecule has 0 heterocycles. The molecule has 0 aliphatic rings. The van der Waals surface area contributed by atoms with E-state index in [1.165, 1.54) is 103 Å². The van der Waals surface area contributed by atoms with Gasteiger partial charge >= 0.3 is 11.9 Å². The van der Waals surface area contributed by atoms with Gasteiger partial charge in [-0.25, -0.2) is 0 Å². The Kier molecular flexibility index (Phi) is 21.0. The van der Waals surface area contributed by atoms with E-state index in [0.29, 0.717) is 12.8 Å². The summed E-state index contributed by atoms with van der Waals surface area (Å²) in [6.07, 6.45) is 26.4. The fourth-order valence-corrected chi connectivity index (χ4v) is 4.12. The van der Waals surface area contributed by atoms with Crippen molar-refractivity contribution in [3.8, 4) is 0 Å². The average molecular weight is 455 g/mol. The first-order valence-electron chi connectivity index (χ1n) is 13.7. The zero-order valence-electron chi connectivity index (χ0n) is 21.7. The Bertz CT molecular complexity index is 439. The molecular weight excluding hydrogens is 400 g/mol. The Morgan fingerprint density at radius 3 is 1.00 bits per heavy atom. The Morgan fingerprint density at radius 1 is 0.500 bits per heavy atom. The number of unbranched alkanes of at least 4 members (excludes halogenated alkanes) is 19. The average Bonchev–Trinajstić information content (AvgIpc) is 2.70. The van der Waals surface area contributed by atoms with Crippen molar-refractivity contribution in [2.24, 2.45) is 0 Å². The van der Waals surface area contributed by atoms with Crippen LogP contribution in [0.15, 0.2) is 0 Å². The van der Waals surface area contributed by atoms with E-state index in [0.717, 1.165) is 25.7 Å². The lowest BCUT2D eigenvalue weighted by molar-refractivity contribution is -0.155. The largest absolute Gasteiger partial charge is 0.481 e. The van der Waals surface area contributed by atoms with Crippen molar-refractivity contribution in [3.05, 3.63) is 0 Å². The Labute approximate surface area is 199 Å². The fraction of sp³-hybridized carbons (Fsp3) is 0.929. The van der Waals surface area contributed by atoms with Gasteiger partial charge in [-0.1, -0.05) is 116 Å². The molecule has 0 fully saturated rings. The van der Waals surface area contributed by atoms with Crippen LogP contribution in [0.5, 0.6) is 0 Å². The van der Waals surface area contributed by atoms with Crippen LogP contribution in [0.2, 0.25) is 0 Å². The number of hydrogen-bond acceptors (Lipinski definition) is 3. The molecule has 0 unspecified atom stereocenters. The summed E-state index contributed by atoms with van der Waals surface area (Å²) in [7, 11) is 0. The van der Waals surface area contributed by atoms with Gasteiger partial charge in [0.25, 0.3) is 0 Å². The molecular formula is C28H54O4. The zero-order valence-corrected chi connectivity index (χ0v) is 21.7. The van der Waals surface area contributed by atoms with Crippen LogP contribution in [0.4, 0.5) is 0 Å². The van der Waals surface area contributed by atoms with Gasteiger partial charge in [0.05, 0.1) is 0 Å². The highest BCUT2D eigenvalue weighted by Gasteiger charge is 2.15. The van der Waals surface area contributed by atoms with Gasteiger partial charge in [-0.3, -0.25) is 9.59 Å². The first kappa shape index (κ1) is 30.9. The van der Waals surface area contributed by atoms with Crippen LogP contribution in [-0.2, 0) is 14.3 Å². The van der Waals surface area contributed by atoms with E-state index < -0.39 is 5.97 Å². The summed E-state index contributed by atoms with van der Waals surface area (Å²) in [4.78, 5) is 22.1. The maximum Gasteiger partial charge on any atom is 0.306 e. The molecule has 0 bridgehead atoms. The summed E-state index contributed by atoms with van der Waals surface area (Å²) in [5, 5.41) is 8.60. The number of carbonyl (C=O) groups excluding carboxylic acids is 1. The zero-order chi connectivity index (χ0) is 23.9. The maximum atomic E-state index is 11.6. The van der Waals surface area contributed by atoms with E-state index in [1.54, 1.807) is 0 Å². The van der Waals surface area contributed by atoms with Gasteiger partial charge in [-0.05, 0) is 33.6 Å². The topological polar surface area (TPSA) is 63.6 Å². The summed E-state index contributed by atoms with van der Waals surface area (Å²) in [5.74, 6) is -0.718. The lowest BCUT2D eigenvalue weighted by Crippen LogP contribution is -2.23. The molecule has 0 spiro atoms. The lowest BCUT2D eigenvalue weighted by atomic mass is 10.0. The van der Waals surface area contributed by atoms with Crippen molar-refractivity contribution < 1.29 is 19.4 Å². The molecule has 0 atom stereocenters. The van der Waals surface area contributed by atoms with E-state index in [9.17, 15) is 9.59 Å². The normalized spacial score (nSPS) is 11.6. The van der Waals surface area contributed by atoms with Crippen LogP contribution >= 0.6 is 0 Å². The minimum atomic E-state index is -0.662.